The van der Waals surface area contributed by atoms with Crippen molar-refractivity contribution in [2.45, 2.75) is 119 Å². The van der Waals surface area contributed by atoms with E-state index in [2.05, 4.69) is 32.9 Å². The lowest BCUT2D eigenvalue weighted by atomic mass is 9.47. The van der Waals surface area contributed by atoms with Crippen LogP contribution in [0.5, 0.6) is 0 Å². The van der Waals surface area contributed by atoms with Crippen molar-refractivity contribution in [3.8, 4) is 0 Å². The molecule has 2 nitrogen and oxygen atoms in total. The van der Waals surface area contributed by atoms with Crippen molar-refractivity contribution in [3.05, 3.63) is 23.3 Å². The van der Waals surface area contributed by atoms with Gasteiger partial charge in [-0.15, -0.1) is 0 Å². The van der Waals surface area contributed by atoms with E-state index in [1.54, 1.807) is 11.1 Å². The maximum Gasteiger partial charge on any atom is 0.311 e. The normalized spacial score (nSPS) is 38.4. The zero-order valence-corrected chi connectivity index (χ0v) is 23.6. The lowest BCUT2D eigenvalue weighted by Gasteiger charge is -2.58. The molecule has 4 rings (SSSR count). The fourth-order valence-electron chi connectivity index (χ4n) is 8.43. The molecule has 0 N–H and O–H groups in total. The number of alkyl halides is 1. The third-order valence-electron chi connectivity index (χ3n) is 10.7. The first kappa shape index (κ1) is 26.9. The average Bonchev–Trinajstić information content (AvgIpc) is 3.15. The summed E-state index contributed by atoms with van der Waals surface area (Å²) in [6.07, 6.45) is 16.7. The van der Waals surface area contributed by atoms with Gasteiger partial charge in [-0.1, -0.05) is 57.4 Å². The largest absolute Gasteiger partial charge is 0.462 e. The van der Waals surface area contributed by atoms with E-state index < -0.39 is 5.41 Å². The summed E-state index contributed by atoms with van der Waals surface area (Å²) < 4.78 is 18.8. The second-order valence-electron chi connectivity index (χ2n) is 14.2. The summed E-state index contributed by atoms with van der Waals surface area (Å²) in [7, 11) is 0. The number of esters is 1. The minimum absolute atomic E-state index is 0.0483. The Morgan fingerprint density at radius 1 is 1.06 bits per heavy atom. The molecule has 0 amide bonds. The van der Waals surface area contributed by atoms with Gasteiger partial charge in [0, 0.05) is 6.42 Å². The first-order valence-electron chi connectivity index (χ1n) is 14.6. The van der Waals surface area contributed by atoms with Crippen LogP contribution in [0.3, 0.4) is 0 Å². The third-order valence-corrected chi connectivity index (χ3v) is 10.7. The molecule has 0 aromatic heterocycles. The molecule has 2 fully saturated rings. The van der Waals surface area contributed by atoms with Crippen molar-refractivity contribution < 1.29 is 13.9 Å². The fraction of sp³-hybridized carbons (Fsp3) is 0.844. The summed E-state index contributed by atoms with van der Waals surface area (Å²) in [5.41, 5.74) is 3.46. The van der Waals surface area contributed by atoms with Crippen LogP contribution in [-0.4, -0.2) is 18.7 Å². The van der Waals surface area contributed by atoms with E-state index in [9.17, 15) is 9.18 Å². The number of carbonyl (C=O) groups is 1. The molecule has 0 spiro atoms. The Morgan fingerprint density at radius 2 is 1.77 bits per heavy atom. The standard InChI is InChI=1S/C32H51FO2/c1-21(20-33)9-8-10-22(2)26-13-14-27-25-12-11-23-19-24(35-29(34)30(3,4)5)15-17-31(23,6)28(25)16-18-32(26,27)7/h11,13,21-22,24-25,27-28H,8-10,12,14-20H2,1-7H3/t21-,22-,24+,25?,27+,28?,31+,32-/m1/s1. The quantitative estimate of drug-likeness (QED) is 0.265. The van der Waals surface area contributed by atoms with Crippen LogP contribution in [0.4, 0.5) is 4.39 Å². The van der Waals surface area contributed by atoms with E-state index in [4.69, 9.17) is 4.74 Å². The molecule has 4 aliphatic rings. The molecule has 0 heterocycles. The van der Waals surface area contributed by atoms with E-state index in [0.717, 1.165) is 49.9 Å². The number of hydrogen-bond donors (Lipinski definition) is 0. The summed E-state index contributed by atoms with van der Waals surface area (Å²) in [4.78, 5) is 12.5. The van der Waals surface area contributed by atoms with E-state index >= 15 is 0 Å². The topological polar surface area (TPSA) is 26.3 Å². The van der Waals surface area contributed by atoms with Gasteiger partial charge < -0.3 is 4.74 Å². The van der Waals surface area contributed by atoms with Crippen LogP contribution in [0.1, 0.15) is 113 Å². The van der Waals surface area contributed by atoms with Gasteiger partial charge in [-0.05, 0) is 113 Å². The Bertz CT molecular complexity index is 850. The Morgan fingerprint density at radius 3 is 2.46 bits per heavy atom. The van der Waals surface area contributed by atoms with Crippen molar-refractivity contribution in [1.82, 2.24) is 0 Å². The van der Waals surface area contributed by atoms with Gasteiger partial charge in [0.15, 0.2) is 0 Å². The Balaban J connectivity index is 1.43. The van der Waals surface area contributed by atoms with Gasteiger partial charge in [-0.2, -0.15) is 0 Å². The van der Waals surface area contributed by atoms with Crippen LogP contribution in [0.15, 0.2) is 23.3 Å². The van der Waals surface area contributed by atoms with Crippen LogP contribution in [0.25, 0.3) is 0 Å². The van der Waals surface area contributed by atoms with Gasteiger partial charge in [0.1, 0.15) is 6.10 Å². The fourth-order valence-corrected chi connectivity index (χ4v) is 8.43. The molecule has 35 heavy (non-hydrogen) atoms. The van der Waals surface area contributed by atoms with Crippen LogP contribution < -0.4 is 0 Å². The van der Waals surface area contributed by atoms with Gasteiger partial charge in [0.2, 0.25) is 0 Å². The van der Waals surface area contributed by atoms with Crippen LogP contribution in [0, 0.1) is 45.8 Å². The number of carbonyl (C=O) groups excluding carboxylic acids is 1. The van der Waals surface area contributed by atoms with Gasteiger partial charge in [-0.25, -0.2) is 0 Å². The summed E-state index contributed by atoms with van der Waals surface area (Å²) in [6.45, 7) is 15.2. The molecule has 4 aliphatic carbocycles. The highest BCUT2D eigenvalue weighted by Gasteiger charge is 2.57. The second-order valence-corrected chi connectivity index (χ2v) is 14.2. The number of fused-ring (bicyclic) bond motifs is 5. The molecule has 0 aliphatic heterocycles. The van der Waals surface area contributed by atoms with Gasteiger partial charge in [0.05, 0.1) is 12.1 Å². The van der Waals surface area contributed by atoms with Crippen LogP contribution >= 0.6 is 0 Å². The molecular formula is C32H51FO2. The van der Waals surface area contributed by atoms with E-state index in [-0.39, 0.29) is 30.1 Å². The number of rotatable bonds is 7. The molecule has 0 aromatic rings. The van der Waals surface area contributed by atoms with Crippen molar-refractivity contribution in [2.75, 3.05) is 6.67 Å². The smallest absolute Gasteiger partial charge is 0.311 e. The zero-order valence-electron chi connectivity index (χ0n) is 23.6. The summed E-state index contributed by atoms with van der Waals surface area (Å²) in [5, 5.41) is 0. The zero-order chi connectivity index (χ0) is 25.6. The molecule has 3 heteroatoms. The molecule has 0 radical (unpaired) electrons. The van der Waals surface area contributed by atoms with Crippen molar-refractivity contribution in [2.24, 2.45) is 45.8 Å². The maximum absolute atomic E-state index is 12.9. The van der Waals surface area contributed by atoms with E-state index in [1.807, 2.05) is 27.7 Å². The molecular weight excluding hydrogens is 435 g/mol. The Labute approximate surface area is 214 Å². The van der Waals surface area contributed by atoms with Crippen LogP contribution in [-0.2, 0) is 9.53 Å². The highest BCUT2D eigenvalue weighted by Crippen LogP contribution is 2.66. The first-order valence-corrected chi connectivity index (χ1v) is 14.6. The van der Waals surface area contributed by atoms with Gasteiger partial charge >= 0.3 is 5.97 Å². The molecule has 2 saturated carbocycles. The highest BCUT2D eigenvalue weighted by molar-refractivity contribution is 5.75. The van der Waals surface area contributed by atoms with Gasteiger partial charge in [0.25, 0.3) is 0 Å². The average molecular weight is 487 g/mol. The maximum atomic E-state index is 12.9. The van der Waals surface area contributed by atoms with Crippen molar-refractivity contribution >= 4 is 5.97 Å². The molecule has 0 saturated heterocycles. The summed E-state index contributed by atoms with van der Waals surface area (Å²) >= 11 is 0. The molecule has 0 bridgehead atoms. The lowest BCUT2D eigenvalue weighted by molar-refractivity contribution is -0.160. The Hall–Kier alpha value is -1.12. The third kappa shape index (κ3) is 5.04. The minimum atomic E-state index is -0.434. The molecule has 2 unspecified atom stereocenters. The number of halogens is 1. The van der Waals surface area contributed by atoms with Crippen LogP contribution in [0.2, 0.25) is 0 Å². The van der Waals surface area contributed by atoms with Gasteiger partial charge in [-0.3, -0.25) is 9.18 Å². The molecule has 0 aromatic carbocycles. The van der Waals surface area contributed by atoms with E-state index in [1.165, 1.54) is 32.1 Å². The molecule has 8 atom stereocenters. The van der Waals surface area contributed by atoms with E-state index in [0.29, 0.717) is 11.3 Å². The summed E-state index contributed by atoms with van der Waals surface area (Å²) in [6, 6.07) is 0. The molecule has 198 valence electrons. The highest BCUT2D eigenvalue weighted by atomic mass is 19.1. The second kappa shape index (κ2) is 9.97. The Kier molecular flexibility index (Phi) is 7.67. The summed E-state index contributed by atoms with van der Waals surface area (Å²) in [5.74, 6) is 3.04. The van der Waals surface area contributed by atoms with Crippen molar-refractivity contribution in [1.29, 1.82) is 0 Å². The lowest BCUT2D eigenvalue weighted by Crippen LogP contribution is -2.50. The van der Waals surface area contributed by atoms with Crippen molar-refractivity contribution in [3.63, 3.8) is 0 Å². The number of ether oxygens (including phenoxy) is 1. The minimum Gasteiger partial charge on any atom is -0.462 e. The predicted molar refractivity (Wildman–Crippen MR) is 143 cm³/mol. The monoisotopic (exact) mass is 486 g/mol. The number of allylic oxidation sites excluding steroid dienone is 3. The first-order chi connectivity index (χ1) is 16.4. The SMILES string of the molecule is C[C@@H](CF)CCC[C@@H](C)C1=CC[C@H]2C3CC=C4C[C@@H](OC(=O)C(C)(C)C)CC[C@]4(C)C3CC[C@]12C. The predicted octanol–water partition coefficient (Wildman–Crippen LogP) is 8.86. The number of hydrogen-bond acceptors (Lipinski definition) is 2.